The minimum atomic E-state index is -4.57. The summed E-state index contributed by atoms with van der Waals surface area (Å²) in [5.74, 6) is 0.0545. The van der Waals surface area contributed by atoms with Crippen LogP contribution in [0.4, 0.5) is 24.9 Å². The van der Waals surface area contributed by atoms with Crippen LogP contribution in [0.15, 0.2) is 67.0 Å². The van der Waals surface area contributed by atoms with Crippen LogP contribution in [0.5, 0.6) is 0 Å². The van der Waals surface area contributed by atoms with E-state index in [4.69, 9.17) is 0 Å². The zero-order chi connectivity index (χ0) is 22.8. The number of alkyl halides is 3. The molecule has 168 valence electrons. The highest BCUT2D eigenvalue weighted by Crippen LogP contribution is 2.30. The van der Waals surface area contributed by atoms with Gasteiger partial charge in [-0.25, -0.2) is 4.98 Å². The van der Waals surface area contributed by atoms with Crippen molar-refractivity contribution in [1.29, 1.82) is 0 Å². The van der Waals surface area contributed by atoms with E-state index < -0.39 is 11.9 Å². The number of H-pyrrole nitrogens is 2. The number of fused-ring (bicyclic) bond motifs is 2. The van der Waals surface area contributed by atoms with Gasteiger partial charge in [0.15, 0.2) is 5.69 Å². The molecule has 0 saturated carbocycles. The molecule has 0 fully saturated rings. The average molecular weight is 450 g/mol. The van der Waals surface area contributed by atoms with E-state index in [1.807, 2.05) is 54.9 Å². The fourth-order valence-corrected chi connectivity index (χ4v) is 3.74. The summed E-state index contributed by atoms with van der Waals surface area (Å²) in [5.41, 5.74) is 3.06. The lowest BCUT2D eigenvalue weighted by Gasteiger charge is -2.13. The van der Waals surface area contributed by atoms with Crippen LogP contribution in [0.3, 0.4) is 0 Å². The van der Waals surface area contributed by atoms with Crippen molar-refractivity contribution in [1.82, 2.24) is 19.9 Å². The zero-order valence-corrected chi connectivity index (χ0v) is 17.5. The molecule has 33 heavy (non-hydrogen) atoms. The minimum absolute atomic E-state index is 0.0591. The molecule has 0 radical (unpaired) electrons. The van der Waals surface area contributed by atoms with Crippen molar-refractivity contribution in [3.8, 4) is 0 Å². The Morgan fingerprint density at radius 2 is 1.42 bits per heavy atom. The van der Waals surface area contributed by atoms with Crippen LogP contribution in [0.25, 0.3) is 21.8 Å². The number of benzene rings is 2. The van der Waals surface area contributed by atoms with E-state index >= 15 is 0 Å². The van der Waals surface area contributed by atoms with E-state index in [1.165, 1.54) is 0 Å². The van der Waals surface area contributed by atoms with Gasteiger partial charge in [-0.3, -0.25) is 0 Å². The molecule has 9 heteroatoms. The Labute approximate surface area is 187 Å². The number of hydrogen-bond donors (Lipinski definition) is 4. The lowest BCUT2D eigenvalue weighted by atomic mass is 10.1. The summed E-state index contributed by atoms with van der Waals surface area (Å²) in [4.78, 5) is 14.2. The van der Waals surface area contributed by atoms with E-state index in [2.05, 4.69) is 36.6 Å². The highest BCUT2D eigenvalue weighted by Gasteiger charge is 2.33. The lowest BCUT2D eigenvalue weighted by molar-refractivity contribution is -0.141. The van der Waals surface area contributed by atoms with Crippen molar-refractivity contribution in [2.45, 2.75) is 19.1 Å². The van der Waals surface area contributed by atoms with Crippen molar-refractivity contribution in [2.75, 3.05) is 17.2 Å². The van der Waals surface area contributed by atoms with Crippen LogP contribution in [-0.4, -0.2) is 26.5 Å². The van der Waals surface area contributed by atoms with Crippen LogP contribution in [0.2, 0.25) is 0 Å². The Morgan fingerprint density at radius 3 is 2.12 bits per heavy atom. The number of aromatic amines is 2. The predicted octanol–water partition coefficient (Wildman–Crippen LogP) is 5.72. The second kappa shape index (κ2) is 8.50. The molecule has 5 aromatic rings. The van der Waals surface area contributed by atoms with Crippen LogP contribution in [0.1, 0.15) is 16.8 Å². The Hall–Kier alpha value is -4.01. The van der Waals surface area contributed by atoms with Crippen LogP contribution in [0, 0.1) is 0 Å². The second-order valence-corrected chi connectivity index (χ2v) is 7.79. The van der Waals surface area contributed by atoms with Gasteiger partial charge in [-0.1, -0.05) is 12.1 Å². The molecule has 0 aliphatic heterocycles. The molecular formula is C24H21F3N6. The summed E-state index contributed by atoms with van der Waals surface area (Å²) in [6.45, 7) is 0.742. The van der Waals surface area contributed by atoms with Crippen molar-refractivity contribution in [3.63, 3.8) is 0 Å². The molecule has 0 saturated heterocycles. The van der Waals surface area contributed by atoms with E-state index in [0.29, 0.717) is 19.5 Å². The third-order valence-electron chi connectivity index (χ3n) is 5.42. The molecule has 2 aromatic carbocycles. The normalized spacial score (nSPS) is 11.8. The number of halogens is 3. The average Bonchev–Trinajstić information content (AvgIpc) is 3.45. The molecule has 0 aliphatic rings. The summed E-state index contributed by atoms with van der Waals surface area (Å²) in [7, 11) is 0. The Bertz CT molecular complexity index is 1400. The van der Waals surface area contributed by atoms with E-state index in [-0.39, 0.29) is 11.8 Å². The summed E-state index contributed by atoms with van der Waals surface area (Å²) in [6.07, 6.45) is -0.233. The summed E-state index contributed by atoms with van der Waals surface area (Å²) >= 11 is 0. The molecule has 0 unspecified atom stereocenters. The van der Waals surface area contributed by atoms with Crippen molar-refractivity contribution in [3.05, 3.63) is 83.8 Å². The Kier molecular flexibility index (Phi) is 5.37. The number of rotatable bonds is 7. The molecular weight excluding hydrogens is 429 g/mol. The summed E-state index contributed by atoms with van der Waals surface area (Å²) in [6, 6.07) is 16.7. The highest BCUT2D eigenvalue weighted by molar-refractivity contribution is 5.80. The number of nitrogens with zero attached hydrogens (tertiary/aromatic N) is 2. The first-order valence-electron chi connectivity index (χ1n) is 10.5. The van der Waals surface area contributed by atoms with Gasteiger partial charge in [0.25, 0.3) is 0 Å². The van der Waals surface area contributed by atoms with E-state index in [0.717, 1.165) is 39.0 Å². The van der Waals surface area contributed by atoms with Gasteiger partial charge in [-0.05, 0) is 64.7 Å². The molecule has 4 N–H and O–H groups in total. The topological polar surface area (TPSA) is 81.4 Å². The first kappa shape index (κ1) is 20.9. The maximum absolute atomic E-state index is 13.4. The van der Waals surface area contributed by atoms with Crippen molar-refractivity contribution < 1.29 is 13.2 Å². The molecule has 5 rings (SSSR count). The first-order valence-corrected chi connectivity index (χ1v) is 10.5. The second-order valence-electron chi connectivity index (χ2n) is 7.79. The molecule has 0 amide bonds. The number of hydrogen-bond acceptors (Lipinski definition) is 4. The van der Waals surface area contributed by atoms with E-state index in [9.17, 15) is 13.2 Å². The smallest absolute Gasteiger partial charge is 0.366 e. The quantitative estimate of drug-likeness (QED) is 0.255. The lowest BCUT2D eigenvalue weighted by Crippen LogP contribution is -2.15. The predicted molar refractivity (Wildman–Crippen MR) is 123 cm³/mol. The highest BCUT2D eigenvalue weighted by atomic mass is 19.4. The maximum atomic E-state index is 13.4. The van der Waals surface area contributed by atoms with Crippen LogP contribution in [-0.2, 0) is 19.1 Å². The minimum Gasteiger partial charge on any atom is -0.366 e. The van der Waals surface area contributed by atoms with Gasteiger partial charge in [0, 0.05) is 42.6 Å². The molecule has 0 atom stereocenters. The first-order chi connectivity index (χ1) is 15.9. The van der Waals surface area contributed by atoms with Crippen LogP contribution >= 0.6 is 0 Å². The summed E-state index contributed by atoms with van der Waals surface area (Å²) < 4.78 is 40.2. The molecule has 3 aromatic heterocycles. The van der Waals surface area contributed by atoms with Gasteiger partial charge in [-0.2, -0.15) is 18.2 Å². The van der Waals surface area contributed by atoms with Crippen LogP contribution < -0.4 is 10.6 Å². The third kappa shape index (κ3) is 4.77. The Balaban J connectivity index is 1.29. The summed E-state index contributed by atoms with van der Waals surface area (Å²) in [5, 5.41) is 8.05. The van der Waals surface area contributed by atoms with Crippen molar-refractivity contribution in [2.24, 2.45) is 0 Å². The largest absolute Gasteiger partial charge is 0.433 e. The maximum Gasteiger partial charge on any atom is 0.433 e. The molecule has 0 aliphatic carbocycles. The molecule has 6 nitrogen and oxygen atoms in total. The monoisotopic (exact) mass is 450 g/mol. The molecule has 3 heterocycles. The number of anilines is 2. The van der Waals surface area contributed by atoms with Gasteiger partial charge < -0.3 is 20.6 Å². The zero-order valence-electron chi connectivity index (χ0n) is 17.5. The number of aromatic nitrogens is 4. The fourth-order valence-electron chi connectivity index (χ4n) is 3.74. The van der Waals surface area contributed by atoms with Crippen molar-refractivity contribution >= 4 is 33.6 Å². The van der Waals surface area contributed by atoms with Gasteiger partial charge in [0.2, 0.25) is 5.95 Å². The Morgan fingerprint density at radius 1 is 0.758 bits per heavy atom. The van der Waals surface area contributed by atoms with Gasteiger partial charge >= 0.3 is 6.18 Å². The van der Waals surface area contributed by atoms with Gasteiger partial charge in [0.05, 0.1) is 0 Å². The molecule has 0 bridgehead atoms. The van der Waals surface area contributed by atoms with E-state index in [1.54, 1.807) is 0 Å². The fraction of sp³-hybridized carbons (Fsp3) is 0.167. The number of nitrogens with one attached hydrogen (secondary N) is 4. The van der Waals surface area contributed by atoms with Gasteiger partial charge in [0.1, 0.15) is 5.82 Å². The third-order valence-corrected chi connectivity index (χ3v) is 5.42. The van der Waals surface area contributed by atoms with Gasteiger partial charge in [-0.15, -0.1) is 0 Å². The molecule has 0 spiro atoms. The SMILES string of the molecule is FC(F)(F)c1cc(NCc2ccc3[nH]ccc3c2)nc(NCCc2ccc3[nH]ccc3c2)n1. The standard InChI is InChI=1S/C24H21F3N6/c25-24(26,27)21-13-22(31-14-16-2-4-20-18(12-16)7-10-29-20)33-23(32-21)30-8-5-15-1-3-19-17(11-15)6-9-28-19/h1-4,6-7,9-13,28-29H,5,8,14H2,(H2,30,31,32,33).